The second-order valence-corrected chi connectivity index (χ2v) is 3.62. The highest BCUT2D eigenvalue weighted by Crippen LogP contribution is 2.11. The van der Waals surface area contributed by atoms with E-state index < -0.39 is 0 Å². The van der Waals surface area contributed by atoms with E-state index in [-0.39, 0.29) is 5.91 Å². The highest BCUT2D eigenvalue weighted by Gasteiger charge is 1.99. The van der Waals surface area contributed by atoms with Crippen LogP contribution in [0.15, 0.2) is 18.2 Å². The Bertz CT molecular complexity index is 515. The molecule has 3 nitrogen and oxygen atoms in total. The van der Waals surface area contributed by atoms with Crippen LogP contribution in [-0.4, -0.2) is 12.5 Å². The third-order valence-electron chi connectivity index (χ3n) is 2.30. The van der Waals surface area contributed by atoms with Crippen LogP contribution in [-0.2, 0) is 4.79 Å². The fraction of sp³-hybridized carbons (Fsp3) is 0.286. The van der Waals surface area contributed by atoms with Gasteiger partial charge in [0.05, 0.1) is 11.6 Å². The molecule has 0 aliphatic carbocycles. The summed E-state index contributed by atoms with van der Waals surface area (Å²) in [7, 11) is 0. The van der Waals surface area contributed by atoms with Gasteiger partial charge in [-0.15, -0.1) is 0 Å². The third kappa shape index (κ3) is 4.01. The maximum atomic E-state index is 10.6. The Hall–Kier alpha value is -2.26. The average Bonchev–Trinajstić information content (AvgIpc) is 2.30. The van der Waals surface area contributed by atoms with Gasteiger partial charge in [0, 0.05) is 25.5 Å². The lowest BCUT2D eigenvalue weighted by molar-refractivity contribution is -0.118. The first-order valence-corrected chi connectivity index (χ1v) is 5.38. The van der Waals surface area contributed by atoms with Crippen molar-refractivity contribution >= 4 is 5.91 Å². The zero-order valence-corrected chi connectivity index (χ0v) is 10.0. The molecule has 0 heterocycles. The minimum atomic E-state index is -0.0468. The summed E-state index contributed by atoms with van der Waals surface area (Å²) < 4.78 is 0. The summed E-state index contributed by atoms with van der Waals surface area (Å²) >= 11 is 0. The van der Waals surface area contributed by atoms with E-state index in [9.17, 15) is 4.79 Å². The number of nitrogens with one attached hydrogen (secondary N) is 1. The van der Waals surface area contributed by atoms with Gasteiger partial charge in [-0.05, 0) is 24.6 Å². The molecular formula is C14H14N2O. The number of carbonyl (C=O) groups is 1. The molecule has 0 bridgehead atoms. The van der Waals surface area contributed by atoms with Gasteiger partial charge in [-0.1, -0.05) is 17.9 Å². The van der Waals surface area contributed by atoms with Gasteiger partial charge < -0.3 is 5.32 Å². The van der Waals surface area contributed by atoms with Gasteiger partial charge in [-0.3, -0.25) is 4.79 Å². The summed E-state index contributed by atoms with van der Waals surface area (Å²) in [4.78, 5) is 10.6. The van der Waals surface area contributed by atoms with E-state index >= 15 is 0 Å². The van der Waals surface area contributed by atoms with Crippen LogP contribution in [0.25, 0.3) is 0 Å². The second kappa shape index (κ2) is 6.35. The lowest BCUT2D eigenvalue weighted by atomic mass is 10.0. The third-order valence-corrected chi connectivity index (χ3v) is 2.30. The van der Waals surface area contributed by atoms with Crippen LogP contribution in [0.3, 0.4) is 0 Å². The Morgan fingerprint density at radius 3 is 2.76 bits per heavy atom. The molecule has 1 aromatic carbocycles. The van der Waals surface area contributed by atoms with Crippen molar-refractivity contribution in [3.8, 4) is 17.9 Å². The van der Waals surface area contributed by atoms with Gasteiger partial charge in [-0.2, -0.15) is 5.26 Å². The normalized spacial score (nSPS) is 8.76. The molecule has 0 atom stereocenters. The van der Waals surface area contributed by atoms with Gasteiger partial charge >= 0.3 is 0 Å². The van der Waals surface area contributed by atoms with E-state index in [1.807, 2.05) is 19.1 Å². The maximum absolute atomic E-state index is 10.6. The Balaban J connectivity index is 2.67. The van der Waals surface area contributed by atoms with Crippen LogP contribution in [0.1, 0.15) is 30.0 Å². The van der Waals surface area contributed by atoms with E-state index in [1.165, 1.54) is 6.92 Å². The number of nitriles is 1. The zero-order valence-electron chi connectivity index (χ0n) is 10.0. The van der Waals surface area contributed by atoms with E-state index in [2.05, 4.69) is 23.2 Å². The molecule has 1 aromatic rings. The lowest BCUT2D eigenvalue weighted by Crippen LogP contribution is -2.20. The predicted molar refractivity (Wildman–Crippen MR) is 66.1 cm³/mol. The molecule has 0 saturated carbocycles. The summed E-state index contributed by atoms with van der Waals surface area (Å²) in [6, 6.07) is 7.62. The molecule has 0 aliphatic rings. The Morgan fingerprint density at radius 1 is 1.41 bits per heavy atom. The lowest BCUT2D eigenvalue weighted by Gasteiger charge is -1.99. The summed E-state index contributed by atoms with van der Waals surface area (Å²) in [5.41, 5.74) is 2.42. The number of hydrogen-bond acceptors (Lipinski definition) is 2. The zero-order chi connectivity index (χ0) is 12.7. The second-order valence-electron chi connectivity index (χ2n) is 3.62. The van der Waals surface area contributed by atoms with E-state index in [4.69, 9.17) is 5.26 Å². The molecular weight excluding hydrogens is 212 g/mol. The van der Waals surface area contributed by atoms with Crippen molar-refractivity contribution in [2.24, 2.45) is 0 Å². The molecule has 0 saturated heterocycles. The monoisotopic (exact) mass is 226 g/mol. The van der Waals surface area contributed by atoms with Crippen LogP contribution in [0.4, 0.5) is 0 Å². The highest BCUT2D eigenvalue weighted by atomic mass is 16.1. The van der Waals surface area contributed by atoms with Gasteiger partial charge in [0.15, 0.2) is 0 Å². The summed E-state index contributed by atoms with van der Waals surface area (Å²) in [5, 5.41) is 11.5. The molecule has 86 valence electrons. The van der Waals surface area contributed by atoms with E-state index in [0.29, 0.717) is 18.5 Å². The molecule has 0 unspecified atom stereocenters. The number of amides is 1. The van der Waals surface area contributed by atoms with Crippen molar-refractivity contribution < 1.29 is 4.79 Å². The predicted octanol–water partition coefficient (Wildman–Crippen LogP) is 1.74. The Labute approximate surface area is 101 Å². The molecule has 1 N–H and O–H groups in total. The molecule has 0 aromatic heterocycles. The van der Waals surface area contributed by atoms with Crippen LogP contribution in [0, 0.1) is 30.1 Å². The van der Waals surface area contributed by atoms with Crippen molar-refractivity contribution in [1.82, 2.24) is 5.32 Å². The van der Waals surface area contributed by atoms with E-state index in [0.717, 1.165) is 11.1 Å². The molecule has 3 heteroatoms. The minimum Gasteiger partial charge on any atom is -0.355 e. The van der Waals surface area contributed by atoms with Gasteiger partial charge in [-0.25, -0.2) is 0 Å². The quantitative estimate of drug-likeness (QED) is 0.617. The number of nitrogens with zero attached hydrogens (tertiary/aromatic N) is 1. The van der Waals surface area contributed by atoms with Crippen molar-refractivity contribution in [3.05, 3.63) is 34.9 Å². The average molecular weight is 226 g/mol. The van der Waals surface area contributed by atoms with Crippen molar-refractivity contribution in [2.75, 3.05) is 6.54 Å². The van der Waals surface area contributed by atoms with Crippen LogP contribution in [0.5, 0.6) is 0 Å². The van der Waals surface area contributed by atoms with Gasteiger partial charge in [0.2, 0.25) is 5.91 Å². The number of benzene rings is 1. The molecule has 0 aliphatic heterocycles. The van der Waals surface area contributed by atoms with Crippen molar-refractivity contribution in [1.29, 1.82) is 5.26 Å². The fourth-order valence-electron chi connectivity index (χ4n) is 1.35. The summed E-state index contributed by atoms with van der Waals surface area (Å²) in [6.07, 6.45) is 0.607. The summed E-state index contributed by atoms with van der Waals surface area (Å²) in [6.45, 7) is 3.92. The fourth-order valence-corrected chi connectivity index (χ4v) is 1.35. The molecule has 0 fully saturated rings. The molecule has 0 radical (unpaired) electrons. The molecule has 1 amide bonds. The summed E-state index contributed by atoms with van der Waals surface area (Å²) in [5.74, 6) is 5.94. The topological polar surface area (TPSA) is 52.9 Å². The number of hydrogen-bond donors (Lipinski definition) is 1. The standard InChI is InChI=1S/C14H14N2O/c1-11-13(7-5-8-14(11)10-15)6-3-4-9-16-12(2)17/h5,7-8H,4,9H2,1-2H3,(H,16,17). The SMILES string of the molecule is CC(=O)NCCC#Cc1cccc(C#N)c1C. The van der Waals surface area contributed by atoms with Gasteiger partial charge in [0.1, 0.15) is 0 Å². The minimum absolute atomic E-state index is 0.0468. The molecule has 17 heavy (non-hydrogen) atoms. The van der Waals surface area contributed by atoms with Crippen molar-refractivity contribution in [3.63, 3.8) is 0 Å². The maximum Gasteiger partial charge on any atom is 0.216 e. The Morgan fingerprint density at radius 2 is 2.12 bits per heavy atom. The first kappa shape index (κ1) is 12.8. The first-order valence-electron chi connectivity index (χ1n) is 5.38. The largest absolute Gasteiger partial charge is 0.355 e. The Kier molecular flexibility index (Phi) is 4.78. The number of carbonyl (C=O) groups excluding carboxylic acids is 1. The first-order chi connectivity index (χ1) is 8.15. The smallest absolute Gasteiger partial charge is 0.216 e. The van der Waals surface area contributed by atoms with Crippen LogP contribution >= 0.6 is 0 Å². The van der Waals surface area contributed by atoms with E-state index in [1.54, 1.807) is 6.07 Å². The molecule has 0 spiro atoms. The number of rotatable bonds is 2. The van der Waals surface area contributed by atoms with Gasteiger partial charge in [0.25, 0.3) is 0 Å². The van der Waals surface area contributed by atoms with Crippen LogP contribution in [0.2, 0.25) is 0 Å². The van der Waals surface area contributed by atoms with Crippen LogP contribution < -0.4 is 5.32 Å². The van der Waals surface area contributed by atoms with Crippen molar-refractivity contribution in [2.45, 2.75) is 20.3 Å². The highest BCUT2D eigenvalue weighted by molar-refractivity contribution is 5.72. The molecule has 1 rings (SSSR count).